The molecule has 1 aliphatic rings. The van der Waals surface area contributed by atoms with Crippen LogP contribution in [-0.2, 0) is 9.47 Å². The van der Waals surface area contributed by atoms with E-state index in [0.29, 0.717) is 19.8 Å². The Labute approximate surface area is 125 Å². The van der Waals surface area contributed by atoms with E-state index in [1.165, 1.54) is 0 Å². The number of hydrogen-bond acceptors (Lipinski definition) is 4. The van der Waals surface area contributed by atoms with Crippen LogP contribution in [0.15, 0.2) is 24.3 Å². The van der Waals surface area contributed by atoms with Gasteiger partial charge in [0.25, 0.3) is 0 Å². The fourth-order valence-electron chi connectivity index (χ4n) is 2.49. The number of aliphatic hydroxyl groups excluding tert-OH is 1. The fourth-order valence-corrected chi connectivity index (χ4v) is 2.68. The van der Waals surface area contributed by atoms with Crippen LogP contribution in [0.2, 0.25) is 5.02 Å². The predicted octanol–water partition coefficient (Wildman–Crippen LogP) is 2.11. The van der Waals surface area contributed by atoms with Gasteiger partial charge in [0.15, 0.2) is 0 Å². The fraction of sp³-hybridized carbons (Fsp3) is 0.600. The number of nitrogens with zero attached hydrogens (tertiary/aromatic N) is 1. The number of halogens is 1. The van der Waals surface area contributed by atoms with Gasteiger partial charge < -0.3 is 14.6 Å². The second-order valence-electron chi connectivity index (χ2n) is 5.29. The molecule has 20 heavy (non-hydrogen) atoms. The summed E-state index contributed by atoms with van der Waals surface area (Å²) in [5, 5.41) is 10.6. The van der Waals surface area contributed by atoms with Gasteiger partial charge in [0.05, 0.1) is 25.4 Å². The molecule has 0 bridgehead atoms. The molecular weight excluding hydrogens is 278 g/mol. The first-order valence-electron chi connectivity index (χ1n) is 6.88. The molecule has 3 atom stereocenters. The molecule has 1 N–H and O–H groups in total. The van der Waals surface area contributed by atoms with E-state index < -0.39 is 6.10 Å². The molecule has 0 amide bonds. The molecule has 0 aliphatic carbocycles. The van der Waals surface area contributed by atoms with Crippen LogP contribution in [0.25, 0.3) is 0 Å². The van der Waals surface area contributed by atoms with Crippen molar-refractivity contribution >= 4 is 11.6 Å². The van der Waals surface area contributed by atoms with Crippen molar-refractivity contribution in [2.24, 2.45) is 0 Å². The molecule has 1 aliphatic heterocycles. The number of hydrogen-bond donors (Lipinski definition) is 1. The molecule has 0 spiro atoms. The number of methoxy groups -OCH3 is 1. The highest BCUT2D eigenvalue weighted by Gasteiger charge is 2.28. The number of benzene rings is 1. The van der Waals surface area contributed by atoms with Crippen LogP contribution >= 0.6 is 11.6 Å². The van der Waals surface area contributed by atoms with Crippen molar-refractivity contribution in [1.29, 1.82) is 0 Å². The smallest absolute Gasteiger partial charge is 0.0953 e. The van der Waals surface area contributed by atoms with Gasteiger partial charge in [0, 0.05) is 31.3 Å². The largest absolute Gasteiger partial charge is 0.389 e. The van der Waals surface area contributed by atoms with Gasteiger partial charge >= 0.3 is 0 Å². The van der Waals surface area contributed by atoms with Gasteiger partial charge in [-0.25, -0.2) is 0 Å². The molecule has 1 saturated heterocycles. The van der Waals surface area contributed by atoms with Crippen LogP contribution in [0.4, 0.5) is 0 Å². The standard InChI is InChI=1S/C15H22ClNO3/c1-11-9-20-15(12-4-3-5-13(16)6-12)8-17(11)7-14(18)10-19-2/h3-6,11,14-15,18H,7-10H2,1-2H3/t11-,14-,15+/m0/s1. The monoisotopic (exact) mass is 299 g/mol. The van der Waals surface area contributed by atoms with Gasteiger partial charge in [0.2, 0.25) is 0 Å². The summed E-state index contributed by atoms with van der Waals surface area (Å²) in [6.07, 6.45) is -0.472. The molecule has 1 aromatic carbocycles. The normalized spacial score (nSPS) is 25.6. The third-order valence-electron chi connectivity index (χ3n) is 3.59. The van der Waals surface area contributed by atoms with Crippen molar-refractivity contribution in [1.82, 2.24) is 4.90 Å². The average molecular weight is 300 g/mol. The van der Waals surface area contributed by atoms with E-state index in [0.717, 1.165) is 17.1 Å². The Balaban J connectivity index is 2.00. The highest BCUT2D eigenvalue weighted by Crippen LogP contribution is 2.26. The molecule has 0 unspecified atom stereocenters. The summed E-state index contributed by atoms with van der Waals surface area (Å²) in [7, 11) is 1.60. The first kappa shape index (κ1) is 15.7. The highest BCUT2D eigenvalue weighted by atomic mass is 35.5. The zero-order valence-corrected chi connectivity index (χ0v) is 12.7. The Kier molecular flexibility index (Phi) is 5.81. The zero-order valence-electron chi connectivity index (χ0n) is 12.0. The van der Waals surface area contributed by atoms with Gasteiger partial charge in [0.1, 0.15) is 0 Å². The minimum Gasteiger partial charge on any atom is -0.389 e. The van der Waals surface area contributed by atoms with Crippen LogP contribution in [0, 0.1) is 0 Å². The highest BCUT2D eigenvalue weighted by molar-refractivity contribution is 6.30. The molecule has 0 radical (unpaired) electrons. The summed E-state index contributed by atoms with van der Waals surface area (Å²) in [4.78, 5) is 2.23. The SMILES string of the molecule is COC[C@@H](O)CN1C[C@H](c2cccc(Cl)c2)OC[C@@H]1C. The Bertz CT molecular complexity index is 429. The minimum absolute atomic E-state index is 0.000329. The predicted molar refractivity (Wildman–Crippen MR) is 79.1 cm³/mol. The van der Waals surface area contributed by atoms with Gasteiger partial charge in [-0.2, -0.15) is 0 Å². The summed E-state index contributed by atoms with van der Waals surface area (Å²) >= 11 is 6.03. The van der Waals surface area contributed by atoms with E-state index in [9.17, 15) is 5.11 Å². The first-order valence-corrected chi connectivity index (χ1v) is 7.26. The lowest BCUT2D eigenvalue weighted by Crippen LogP contribution is -2.48. The summed E-state index contributed by atoms with van der Waals surface area (Å²) in [6, 6.07) is 8.04. The van der Waals surface area contributed by atoms with Crippen molar-refractivity contribution in [2.75, 3.05) is 33.4 Å². The molecule has 2 rings (SSSR count). The van der Waals surface area contributed by atoms with Crippen molar-refractivity contribution in [3.05, 3.63) is 34.9 Å². The molecule has 0 aromatic heterocycles. The second kappa shape index (κ2) is 7.38. The third kappa shape index (κ3) is 4.17. The second-order valence-corrected chi connectivity index (χ2v) is 5.73. The molecule has 5 heteroatoms. The van der Waals surface area contributed by atoms with Crippen LogP contribution < -0.4 is 0 Å². The number of aliphatic hydroxyl groups is 1. The first-order chi connectivity index (χ1) is 9.60. The molecule has 4 nitrogen and oxygen atoms in total. The Morgan fingerprint density at radius 1 is 1.55 bits per heavy atom. The third-order valence-corrected chi connectivity index (χ3v) is 3.82. The van der Waals surface area contributed by atoms with Crippen LogP contribution in [0.3, 0.4) is 0 Å². The molecule has 1 heterocycles. The van der Waals surface area contributed by atoms with Gasteiger partial charge in [-0.1, -0.05) is 23.7 Å². The van der Waals surface area contributed by atoms with Gasteiger partial charge in [-0.15, -0.1) is 0 Å². The van der Waals surface area contributed by atoms with E-state index >= 15 is 0 Å². The molecule has 112 valence electrons. The Morgan fingerprint density at radius 3 is 3.05 bits per heavy atom. The van der Waals surface area contributed by atoms with Gasteiger partial charge in [-0.05, 0) is 24.6 Å². The molecule has 1 aromatic rings. The van der Waals surface area contributed by atoms with Gasteiger partial charge in [-0.3, -0.25) is 4.90 Å². The van der Waals surface area contributed by atoms with E-state index in [2.05, 4.69) is 11.8 Å². The maximum absolute atomic E-state index is 9.89. The Hall–Kier alpha value is -0.650. The number of morpholine rings is 1. The summed E-state index contributed by atoms with van der Waals surface area (Å²) in [5.74, 6) is 0. The molecular formula is C15H22ClNO3. The van der Waals surface area contributed by atoms with Crippen LogP contribution in [0.5, 0.6) is 0 Å². The van der Waals surface area contributed by atoms with Crippen molar-refractivity contribution in [2.45, 2.75) is 25.2 Å². The van der Waals surface area contributed by atoms with Crippen molar-refractivity contribution < 1.29 is 14.6 Å². The van der Waals surface area contributed by atoms with E-state index in [-0.39, 0.29) is 12.1 Å². The summed E-state index contributed by atoms with van der Waals surface area (Å²) in [6.45, 7) is 4.45. The quantitative estimate of drug-likeness (QED) is 0.904. The topological polar surface area (TPSA) is 41.9 Å². The maximum Gasteiger partial charge on any atom is 0.0953 e. The van der Waals surface area contributed by atoms with E-state index in [1.807, 2.05) is 24.3 Å². The zero-order chi connectivity index (χ0) is 14.5. The van der Waals surface area contributed by atoms with E-state index in [1.54, 1.807) is 7.11 Å². The lowest BCUT2D eigenvalue weighted by Gasteiger charge is -2.39. The average Bonchev–Trinajstić information content (AvgIpc) is 2.41. The van der Waals surface area contributed by atoms with Crippen LogP contribution in [0.1, 0.15) is 18.6 Å². The molecule has 1 fully saturated rings. The van der Waals surface area contributed by atoms with Crippen molar-refractivity contribution in [3.8, 4) is 0 Å². The molecule has 0 saturated carbocycles. The maximum atomic E-state index is 9.89. The van der Waals surface area contributed by atoms with Crippen LogP contribution in [-0.4, -0.2) is 55.6 Å². The summed E-state index contributed by atoms with van der Waals surface area (Å²) in [5.41, 5.74) is 1.08. The number of β-amino-alcohol motifs (C(OH)–C–C–N with tert-alkyl or cyclic N) is 1. The lowest BCUT2D eigenvalue weighted by molar-refractivity contribution is -0.0767. The lowest BCUT2D eigenvalue weighted by atomic mass is 10.1. The van der Waals surface area contributed by atoms with E-state index in [4.69, 9.17) is 21.1 Å². The number of ether oxygens (including phenoxy) is 2. The summed E-state index contributed by atoms with van der Waals surface area (Å²) < 4.78 is 10.9. The van der Waals surface area contributed by atoms with Crippen molar-refractivity contribution in [3.63, 3.8) is 0 Å². The minimum atomic E-state index is -0.472. The number of rotatable bonds is 5. The Morgan fingerprint density at radius 2 is 2.35 bits per heavy atom.